The number of aryl methyl sites for hydroxylation is 1. The second kappa shape index (κ2) is 6.60. The maximum absolute atomic E-state index is 13.0. The number of hydrogen-bond donors (Lipinski definition) is 1. The number of rotatable bonds is 3. The van der Waals surface area contributed by atoms with Crippen LogP contribution >= 0.6 is 22.9 Å². The summed E-state index contributed by atoms with van der Waals surface area (Å²) in [4.78, 5) is 3.97. The number of halogens is 7. The summed E-state index contributed by atoms with van der Waals surface area (Å²) in [5.41, 5.74) is -0.604. The quantitative estimate of drug-likeness (QED) is 0.423. The van der Waals surface area contributed by atoms with Crippen LogP contribution in [0.4, 0.5) is 31.5 Å². The van der Waals surface area contributed by atoms with E-state index in [4.69, 9.17) is 11.6 Å². The third-order valence-corrected chi connectivity index (χ3v) is 3.91. The Balaban J connectivity index is 2.41. The molecule has 1 aromatic heterocycles. The van der Waals surface area contributed by atoms with Gasteiger partial charge >= 0.3 is 12.4 Å². The van der Waals surface area contributed by atoms with Crippen LogP contribution in [0.5, 0.6) is 0 Å². The Morgan fingerprint density at radius 1 is 1.17 bits per heavy atom. The lowest BCUT2D eigenvalue weighted by Crippen LogP contribution is -2.14. The molecule has 130 valence electrons. The molecule has 3 nitrogen and oxygen atoms in total. The number of benzene rings is 1. The Morgan fingerprint density at radius 2 is 1.83 bits per heavy atom. The van der Waals surface area contributed by atoms with Gasteiger partial charge in [0.15, 0.2) is 0 Å². The Kier molecular flexibility index (Phi) is 5.09. The minimum Gasteiger partial charge on any atom is -0.253 e. The van der Waals surface area contributed by atoms with Gasteiger partial charge in [-0.2, -0.15) is 31.4 Å². The van der Waals surface area contributed by atoms with Gasteiger partial charge in [0.25, 0.3) is 0 Å². The lowest BCUT2D eigenvalue weighted by atomic mass is 10.0. The molecule has 11 heteroatoms. The molecule has 0 bridgehead atoms. The summed E-state index contributed by atoms with van der Waals surface area (Å²) in [6.07, 6.45) is -9.26. The van der Waals surface area contributed by atoms with E-state index in [1.165, 1.54) is 0 Å². The van der Waals surface area contributed by atoms with E-state index < -0.39 is 34.1 Å². The van der Waals surface area contributed by atoms with Crippen LogP contribution in [0.1, 0.15) is 22.4 Å². The topological polar surface area (TPSA) is 37.3 Å². The number of hydrazone groups is 1. The van der Waals surface area contributed by atoms with Gasteiger partial charge in [-0.1, -0.05) is 11.6 Å². The molecule has 0 saturated carbocycles. The Morgan fingerprint density at radius 3 is 2.33 bits per heavy atom. The standard InChI is InChI=1S/C13H8ClF6N3S/c1-6-5-24-11(22-6)23-21-4-8-9(13(18,19)20)2-7(3-10(8)14)12(15,16)17/h2-5H,1H3,(H,22,23). The second-order valence-corrected chi connectivity index (χ2v) is 5.84. The Hall–Kier alpha value is -1.81. The molecule has 1 heterocycles. The highest BCUT2D eigenvalue weighted by Gasteiger charge is 2.39. The first-order valence-electron chi connectivity index (χ1n) is 6.17. The van der Waals surface area contributed by atoms with Crippen molar-refractivity contribution in [2.24, 2.45) is 5.10 Å². The van der Waals surface area contributed by atoms with Gasteiger partial charge in [0.1, 0.15) is 0 Å². The van der Waals surface area contributed by atoms with Gasteiger partial charge < -0.3 is 0 Å². The van der Waals surface area contributed by atoms with Gasteiger partial charge in [0, 0.05) is 10.9 Å². The largest absolute Gasteiger partial charge is 0.417 e. The van der Waals surface area contributed by atoms with Gasteiger partial charge in [-0.25, -0.2) is 4.98 Å². The maximum Gasteiger partial charge on any atom is 0.417 e. The zero-order valence-electron chi connectivity index (χ0n) is 11.8. The van der Waals surface area contributed by atoms with Gasteiger partial charge in [0.05, 0.1) is 28.1 Å². The lowest BCUT2D eigenvalue weighted by molar-refractivity contribution is -0.143. The van der Waals surface area contributed by atoms with Gasteiger partial charge in [-0.05, 0) is 19.1 Å². The first kappa shape index (κ1) is 18.5. The van der Waals surface area contributed by atoms with Crippen LogP contribution in [0.15, 0.2) is 22.6 Å². The summed E-state index contributed by atoms with van der Waals surface area (Å²) < 4.78 is 77.1. The normalized spacial score (nSPS) is 12.8. The summed E-state index contributed by atoms with van der Waals surface area (Å²) in [5.74, 6) is 0. The van der Waals surface area contributed by atoms with Crippen LogP contribution in [0.3, 0.4) is 0 Å². The van der Waals surface area contributed by atoms with Gasteiger partial charge in [-0.3, -0.25) is 5.43 Å². The van der Waals surface area contributed by atoms with Crippen molar-refractivity contribution >= 4 is 34.3 Å². The number of aromatic nitrogens is 1. The highest BCUT2D eigenvalue weighted by Crippen LogP contribution is 2.39. The van der Waals surface area contributed by atoms with E-state index in [2.05, 4.69) is 15.5 Å². The Bertz CT molecular complexity index is 766. The fourth-order valence-corrected chi connectivity index (χ4v) is 2.61. The SMILES string of the molecule is Cc1csc(NN=Cc2c(Cl)cc(C(F)(F)F)cc2C(F)(F)F)n1. The average Bonchev–Trinajstić information content (AvgIpc) is 2.83. The van der Waals surface area contributed by atoms with Crippen molar-refractivity contribution in [3.8, 4) is 0 Å². The molecule has 0 aliphatic carbocycles. The number of alkyl halides is 6. The summed E-state index contributed by atoms with van der Waals surface area (Å²) in [6, 6.07) is 0.423. The van der Waals surface area contributed by atoms with Crippen LogP contribution < -0.4 is 5.43 Å². The van der Waals surface area contributed by atoms with Crippen molar-refractivity contribution in [3.05, 3.63) is 44.9 Å². The third kappa shape index (κ3) is 4.38. The highest BCUT2D eigenvalue weighted by molar-refractivity contribution is 7.13. The molecule has 1 N–H and O–H groups in total. The van der Waals surface area contributed by atoms with E-state index in [1.54, 1.807) is 12.3 Å². The van der Waals surface area contributed by atoms with Crippen molar-refractivity contribution < 1.29 is 26.3 Å². The fourth-order valence-electron chi connectivity index (χ4n) is 1.70. The second-order valence-electron chi connectivity index (χ2n) is 4.58. The first-order valence-corrected chi connectivity index (χ1v) is 7.43. The molecule has 0 aliphatic heterocycles. The average molecular weight is 388 g/mol. The minimum atomic E-state index is -5.02. The molecule has 0 atom stereocenters. The van der Waals surface area contributed by atoms with Crippen LogP contribution in [-0.4, -0.2) is 11.2 Å². The van der Waals surface area contributed by atoms with Gasteiger partial charge in [-0.15, -0.1) is 11.3 Å². The van der Waals surface area contributed by atoms with Gasteiger partial charge in [0.2, 0.25) is 5.13 Å². The molecule has 0 radical (unpaired) electrons. The van der Waals surface area contributed by atoms with Crippen molar-refractivity contribution in [2.75, 3.05) is 5.43 Å². The molecule has 1 aromatic carbocycles. The summed E-state index contributed by atoms with van der Waals surface area (Å²) in [6.45, 7) is 1.71. The molecular formula is C13H8ClF6N3S. The monoisotopic (exact) mass is 387 g/mol. The van der Waals surface area contributed by atoms with Crippen LogP contribution in [0.2, 0.25) is 5.02 Å². The number of nitrogens with one attached hydrogen (secondary N) is 1. The van der Waals surface area contributed by atoms with E-state index in [0.717, 1.165) is 11.3 Å². The van der Waals surface area contributed by atoms with E-state index in [-0.39, 0.29) is 6.07 Å². The number of anilines is 1. The molecule has 0 unspecified atom stereocenters. The number of nitrogens with zero attached hydrogens (tertiary/aromatic N) is 2. The predicted molar refractivity (Wildman–Crippen MR) is 79.5 cm³/mol. The fraction of sp³-hybridized carbons (Fsp3) is 0.231. The van der Waals surface area contributed by atoms with E-state index in [1.807, 2.05) is 0 Å². The van der Waals surface area contributed by atoms with Crippen molar-refractivity contribution in [1.29, 1.82) is 0 Å². The van der Waals surface area contributed by atoms with Crippen molar-refractivity contribution in [2.45, 2.75) is 19.3 Å². The van der Waals surface area contributed by atoms with Crippen LogP contribution in [0.25, 0.3) is 0 Å². The van der Waals surface area contributed by atoms with Crippen molar-refractivity contribution in [1.82, 2.24) is 4.98 Å². The molecule has 24 heavy (non-hydrogen) atoms. The number of thiazole rings is 1. The predicted octanol–water partition coefficient (Wildman–Crippen LogP) is 5.59. The lowest BCUT2D eigenvalue weighted by Gasteiger charge is -2.15. The first-order chi connectivity index (χ1) is 11.0. The molecular weight excluding hydrogens is 380 g/mol. The van der Waals surface area contributed by atoms with Crippen molar-refractivity contribution in [3.63, 3.8) is 0 Å². The zero-order chi connectivity index (χ0) is 18.1. The molecule has 0 spiro atoms. The molecule has 2 aromatic rings. The van der Waals surface area contributed by atoms with Crippen LogP contribution in [0, 0.1) is 6.92 Å². The summed E-state index contributed by atoms with van der Waals surface area (Å²) >= 11 is 6.76. The molecule has 0 fully saturated rings. The Labute approximate surface area is 141 Å². The van der Waals surface area contributed by atoms with E-state index in [0.29, 0.717) is 23.1 Å². The molecule has 0 aliphatic rings. The summed E-state index contributed by atoms with van der Waals surface area (Å²) in [7, 11) is 0. The molecule has 0 saturated heterocycles. The maximum atomic E-state index is 13.0. The minimum absolute atomic E-state index is 0.000767. The summed E-state index contributed by atoms with van der Waals surface area (Å²) in [5, 5.41) is 4.85. The van der Waals surface area contributed by atoms with Crippen LogP contribution in [-0.2, 0) is 12.4 Å². The van der Waals surface area contributed by atoms with E-state index in [9.17, 15) is 26.3 Å². The zero-order valence-corrected chi connectivity index (χ0v) is 13.3. The highest BCUT2D eigenvalue weighted by atomic mass is 35.5. The van der Waals surface area contributed by atoms with E-state index >= 15 is 0 Å². The third-order valence-electron chi connectivity index (χ3n) is 2.74. The number of hydrogen-bond acceptors (Lipinski definition) is 4. The molecule has 2 rings (SSSR count). The smallest absolute Gasteiger partial charge is 0.253 e. The molecule has 0 amide bonds.